The summed E-state index contributed by atoms with van der Waals surface area (Å²) in [7, 11) is 1.69. The topological polar surface area (TPSA) is 55.3 Å². The fourth-order valence-electron chi connectivity index (χ4n) is 1.01. The highest BCUT2D eigenvalue weighted by molar-refractivity contribution is 7.90. The van der Waals surface area contributed by atoms with Crippen LogP contribution < -0.4 is 5.32 Å². The Hall–Kier alpha value is -0.870. The number of anilines is 1. The van der Waals surface area contributed by atoms with E-state index in [1.54, 1.807) is 31.5 Å². The number of hydrogen-bond donors (Lipinski definition) is 2. The average molecular weight is 185 g/mol. The van der Waals surface area contributed by atoms with Crippen molar-refractivity contribution in [2.24, 2.45) is 0 Å². The highest BCUT2D eigenvalue weighted by Gasteiger charge is 2.13. The zero-order valence-electron chi connectivity index (χ0n) is 7.00. The van der Waals surface area contributed by atoms with Crippen LogP contribution in [0.15, 0.2) is 23.1 Å². The minimum Gasteiger partial charge on any atom is -0.612 e. The first kappa shape index (κ1) is 9.22. The molecule has 0 saturated heterocycles. The number of para-hydroxylation sites is 1. The molecule has 0 aliphatic carbocycles. The molecule has 12 heavy (non-hydrogen) atoms. The summed E-state index contributed by atoms with van der Waals surface area (Å²) >= 11 is -1.07. The quantitative estimate of drug-likeness (QED) is 0.537. The summed E-state index contributed by atoms with van der Waals surface area (Å²) in [5, 5.41) is 12.1. The molecule has 66 valence electrons. The van der Waals surface area contributed by atoms with Gasteiger partial charge in [-0.25, -0.2) is 0 Å². The van der Waals surface area contributed by atoms with E-state index in [4.69, 9.17) is 0 Å². The summed E-state index contributed by atoms with van der Waals surface area (Å²) in [5.41, 5.74) is 0.540. The predicted octanol–water partition coefficient (Wildman–Crippen LogP) is 1.17. The smallest absolute Gasteiger partial charge is 0.179 e. The van der Waals surface area contributed by atoms with Gasteiger partial charge in [-0.1, -0.05) is 6.07 Å². The number of phenols is 1. The lowest BCUT2D eigenvalue weighted by Gasteiger charge is -2.10. The predicted molar refractivity (Wildman–Crippen MR) is 50.0 cm³/mol. The van der Waals surface area contributed by atoms with Crippen LogP contribution in [-0.4, -0.2) is 23.0 Å². The van der Waals surface area contributed by atoms with Gasteiger partial charge in [0.2, 0.25) is 0 Å². The molecule has 0 aromatic heterocycles. The van der Waals surface area contributed by atoms with Crippen LogP contribution in [0.2, 0.25) is 0 Å². The van der Waals surface area contributed by atoms with E-state index in [1.165, 1.54) is 0 Å². The molecular weight excluding hydrogens is 174 g/mol. The van der Waals surface area contributed by atoms with Gasteiger partial charge in [0.05, 0.1) is 0 Å². The molecule has 1 aromatic carbocycles. The molecular formula is C8H11NO2S. The van der Waals surface area contributed by atoms with E-state index < -0.39 is 11.2 Å². The van der Waals surface area contributed by atoms with Gasteiger partial charge in [-0.15, -0.1) is 0 Å². The number of aromatic hydroxyl groups is 1. The molecule has 1 unspecified atom stereocenters. The van der Waals surface area contributed by atoms with E-state index in [1.807, 2.05) is 0 Å². The summed E-state index contributed by atoms with van der Waals surface area (Å²) in [6.07, 6.45) is 1.58. The van der Waals surface area contributed by atoms with Crippen molar-refractivity contribution in [1.29, 1.82) is 0 Å². The first-order valence-electron chi connectivity index (χ1n) is 3.50. The van der Waals surface area contributed by atoms with Crippen LogP contribution in [0.4, 0.5) is 5.69 Å². The second-order valence-electron chi connectivity index (χ2n) is 2.35. The molecule has 0 heterocycles. The lowest BCUT2D eigenvalue weighted by Crippen LogP contribution is -2.02. The molecule has 3 nitrogen and oxygen atoms in total. The van der Waals surface area contributed by atoms with Crippen LogP contribution >= 0.6 is 0 Å². The van der Waals surface area contributed by atoms with Gasteiger partial charge in [0.15, 0.2) is 4.90 Å². The summed E-state index contributed by atoms with van der Waals surface area (Å²) in [6, 6.07) is 4.96. The second-order valence-corrected chi connectivity index (χ2v) is 3.70. The summed E-state index contributed by atoms with van der Waals surface area (Å²) < 4.78 is 11.1. The van der Waals surface area contributed by atoms with Gasteiger partial charge in [-0.3, -0.25) is 0 Å². The van der Waals surface area contributed by atoms with Gasteiger partial charge < -0.3 is 15.0 Å². The van der Waals surface area contributed by atoms with Crippen molar-refractivity contribution in [1.82, 2.24) is 0 Å². The third-order valence-electron chi connectivity index (χ3n) is 1.56. The van der Waals surface area contributed by atoms with Crippen LogP contribution in [-0.2, 0) is 11.2 Å². The van der Waals surface area contributed by atoms with Crippen molar-refractivity contribution >= 4 is 16.9 Å². The molecule has 0 bridgehead atoms. The molecule has 1 aromatic rings. The van der Waals surface area contributed by atoms with E-state index in [0.717, 1.165) is 0 Å². The molecule has 0 aliphatic heterocycles. The fourth-order valence-corrected chi connectivity index (χ4v) is 1.77. The first-order chi connectivity index (χ1) is 5.66. The van der Waals surface area contributed by atoms with Crippen molar-refractivity contribution in [2.45, 2.75) is 4.90 Å². The number of nitrogens with one attached hydrogen (secondary N) is 1. The van der Waals surface area contributed by atoms with E-state index in [-0.39, 0.29) is 5.75 Å². The molecule has 0 spiro atoms. The van der Waals surface area contributed by atoms with Crippen LogP contribution in [0.1, 0.15) is 0 Å². The molecule has 0 saturated carbocycles. The third kappa shape index (κ3) is 1.65. The van der Waals surface area contributed by atoms with E-state index in [9.17, 15) is 9.66 Å². The lowest BCUT2D eigenvalue weighted by molar-refractivity contribution is 0.476. The van der Waals surface area contributed by atoms with Crippen molar-refractivity contribution in [3.8, 4) is 5.75 Å². The second kappa shape index (κ2) is 3.69. The number of phenolic OH excluding ortho intramolecular Hbond substituents is 1. The zero-order chi connectivity index (χ0) is 9.14. The molecule has 4 heteroatoms. The highest BCUT2D eigenvalue weighted by atomic mass is 32.2. The minimum absolute atomic E-state index is 0.130. The lowest BCUT2D eigenvalue weighted by atomic mass is 10.3. The Morgan fingerprint density at radius 2 is 2.17 bits per heavy atom. The molecule has 2 N–H and O–H groups in total. The number of hydrogen-bond acceptors (Lipinski definition) is 3. The Morgan fingerprint density at radius 1 is 1.50 bits per heavy atom. The maximum Gasteiger partial charge on any atom is 0.179 e. The average Bonchev–Trinajstić information content (AvgIpc) is 2.03. The normalized spacial score (nSPS) is 12.6. The molecule has 1 atom stereocenters. The standard InChI is InChI=1S/C8H11NO2S/c1-9-8-6(10)4-3-5-7(8)12(2)11/h3-5,9-10H,1-2H3. The van der Waals surface area contributed by atoms with Gasteiger partial charge in [-0.2, -0.15) is 0 Å². The maximum absolute atomic E-state index is 11.1. The van der Waals surface area contributed by atoms with Gasteiger partial charge in [0.1, 0.15) is 17.7 Å². The molecule has 1 rings (SSSR count). The summed E-state index contributed by atoms with van der Waals surface area (Å²) in [5.74, 6) is 0.130. The van der Waals surface area contributed by atoms with E-state index in [0.29, 0.717) is 10.6 Å². The van der Waals surface area contributed by atoms with Gasteiger partial charge in [0.25, 0.3) is 0 Å². The third-order valence-corrected chi connectivity index (χ3v) is 2.52. The van der Waals surface area contributed by atoms with Gasteiger partial charge in [-0.05, 0) is 23.3 Å². The maximum atomic E-state index is 11.1. The largest absolute Gasteiger partial charge is 0.612 e. The van der Waals surface area contributed by atoms with Gasteiger partial charge >= 0.3 is 0 Å². The number of rotatable bonds is 2. The summed E-state index contributed by atoms with van der Waals surface area (Å²) in [6.45, 7) is 0. The van der Waals surface area contributed by atoms with Crippen molar-refractivity contribution in [3.05, 3.63) is 18.2 Å². The van der Waals surface area contributed by atoms with Crippen molar-refractivity contribution in [2.75, 3.05) is 18.6 Å². The Labute approximate surface area is 74.6 Å². The van der Waals surface area contributed by atoms with Crippen LogP contribution in [0.3, 0.4) is 0 Å². The molecule has 0 amide bonds. The SMILES string of the molecule is CNc1c(O)cccc1[S+](C)[O-]. The van der Waals surface area contributed by atoms with Gasteiger partial charge in [0, 0.05) is 7.05 Å². The van der Waals surface area contributed by atoms with Crippen LogP contribution in [0, 0.1) is 0 Å². The molecule has 0 radical (unpaired) electrons. The first-order valence-corrected chi connectivity index (χ1v) is 5.05. The fraction of sp³-hybridized carbons (Fsp3) is 0.250. The van der Waals surface area contributed by atoms with Crippen molar-refractivity contribution in [3.63, 3.8) is 0 Å². The zero-order valence-corrected chi connectivity index (χ0v) is 7.81. The van der Waals surface area contributed by atoms with Crippen LogP contribution in [0.25, 0.3) is 0 Å². The molecule has 0 fully saturated rings. The molecule has 0 aliphatic rings. The van der Waals surface area contributed by atoms with E-state index >= 15 is 0 Å². The Bertz CT molecular complexity index is 276. The Balaban J connectivity index is 3.18. The van der Waals surface area contributed by atoms with Crippen molar-refractivity contribution < 1.29 is 9.66 Å². The monoisotopic (exact) mass is 185 g/mol. The summed E-state index contributed by atoms with van der Waals surface area (Å²) in [4.78, 5) is 0.623. The van der Waals surface area contributed by atoms with Crippen LogP contribution in [0.5, 0.6) is 5.75 Å². The Morgan fingerprint density at radius 3 is 2.58 bits per heavy atom. The Kier molecular flexibility index (Phi) is 2.83. The highest BCUT2D eigenvalue weighted by Crippen LogP contribution is 2.29. The number of benzene rings is 1. The van der Waals surface area contributed by atoms with E-state index in [2.05, 4.69) is 5.32 Å². The minimum atomic E-state index is -1.07.